The Kier molecular flexibility index (Phi) is 12.7. The number of aromatic hydroxyl groups is 1. The van der Waals surface area contributed by atoms with Gasteiger partial charge in [-0.1, -0.05) is 20.8 Å². The van der Waals surface area contributed by atoms with Crippen molar-refractivity contribution in [3.63, 3.8) is 0 Å². The zero-order valence-corrected chi connectivity index (χ0v) is 17.0. The molecule has 0 bridgehead atoms. The average molecular weight is 375 g/mol. The molecule has 0 unspecified atom stereocenters. The van der Waals surface area contributed by atoms with E-state index in [2.05, 4.69) is 35.6 Å². The minimum Gasteiger partial charge on any atom is -0.506 e. The van der Waals surface area contributed by atoms with Crippen LogP contribution in [0, 0.1) is 0 Å². The lowest BCUT2D eigenvalue weighted by molar-refractivity contribution is 0.368. The maximum Gasteiger partial charge on any atom is 0.142 e. The molecule has 1 aromatic heterocycles. The van der Waals surface area contributed by atoms with Gasteiger partial charge in [-0.05, 0) is 34.3 Å². The highest BCUT2D eigenvalue weighted by atomic mass is 35.5. The highest BCUT2D eigenvalue weighted by Gasteiger charge is 2.23. The minimum absolute atomic E-state index is 0. The molecule has 7 heteroatoms. The van der Waals surface area contributed by atoms with E-state index in [4.69, 9.17) is 0 Å². The van der Waals surface area contributed by atoms with E-state index in [0.29, 0.717) is 5.75 Å². The zero-order valence-electron chi connectivity index (χ0n) is 14.5. The summed E-state index contributed by atoms with van der Waals surface area (Å²) in [6.07, 6.45) is 0. The highest BCUT2D eigenvalue weighted by Crippen LogP contribution is 2.32. The molecule has 0 aliphatic carbocycles. The van der Waals surface area contributed by atoms with Crippen molar-refractivity contribution in [3.05, 3.63) is 23.0 Å². The average Bonchev–Trinajstić information content (AvgIpc) is 2.19. The lowest BCUT2D eigenvalue weighted by Crippen LogP contribution is -2.20. The van der Waals surface area contributed by atoms with Gasteiger partial charge < -0.3 is 14.9 Å². The van der Waals surface area contributed by atoms with E-state index in [-0.39, 0.29) is 42.6 Å². The number of halogens is 3. The van der Waals surface area contributed by atoms with Crippen LogP contribution in [-0.4, -0.2) is 48.1 Å². The van der Waals surface area contributed by atoms with E-state index in [9.17, 15) is 5.11 Å². The minimum atomic E-state index is -0.159. The molecule has 0 amide bonds. The molecule has 0 atom stereocenters. The lowest BCUT2D eigenvalue weighted by Gasteiger charge is -2.23. The second-order valence-corrected chi connectivity index (χ2v) is 6.70. The quantitative estimate of drug-likeness (QED) is 0.876. The molecule has 1 rings (SSSR count). The largest absolute Gasteiger partial charge is 0.506 e. The number of pyridine rings is 1. The Hall–Kier alpha value is -0.260. The van der Waals surface area contributed by atoms with Gasteiger partial charge in [0.1, 0.15) is 5.75 Å². The Morgan fingerprint density at radius 1 is 0.955 bits per heavy atom. The predicted octanol–water partition coefficient (Wildman–Crippen LogP) is 3.47. The van der Waals surface area contributed by atoms with Crippen molar-refractivity contribution in [1.29, 1.82) is 0 Å². The maximum atomic E-state index is 10.4. The first-order valence-electron chi connectivity index (χ1n) is 6.63. The molecule has 0 fully saturated rings. The summed E-state index contributed by atoms with van der Waals surface area (Å²) in [6, 6.07) is 2.00. The van der Waals surface area contributed by atoms with Crippen molar-refractivity contribution in [3.8, 4) is 5.75 Å². The number of hydrogen-bond acceptors (Lipinski definition) is 4. The summed E-state index contributed by atoms with van der Waals surface area (Å²) in [6.45, 7) is 7.73. The van der Waals surface area contributed by atoms with Crippen LogP contribution in [0.1, 0.15) is 37.7 Å². The van der Waals surface area contributed by atoms with Crippen LogP contribution in [0.25, 0.3) is 0 Å². The monoisotopic (exact) mass is 373 g/mol. The van der Waals surface area contributed by atoms with Gasteiger partial charge in [-0.25, -0.2) is 0 Å². The molecular formula is C15H30Cl3N3O. The van der Waals surface area contributed by atoms with Crippen molar-refractivity contribution in [1.82, 2.24) is 14.8 Å². The van der Waals surface area contributed by atoms with E-state index in [0.717, 1.165) is 30.0 Å². The first-order valence-corrected chi connectivity index (χ1v) is 6.63. The number of nitrogens with zero attached hydrogens (tertiary/aromatic N) is 3. The second-order valence-electron chi connectivity index (χ2n) is 6.70. The summed E-state index contributed by atoms with van der Waals surface area (Å²) in [5.41, 5.74) is 2.57. The van der Waals surface area contributed by atoms with Crippen LogP contribution in [0.5, 0.6) is 5.75 Å². The summed E-state index contributed by atoms with van der Waals surface area (Å²) in [4.78, 5) is 8.79. The lowest BCUT2D eigenvalue weighted by atomic mass is 9.89. The van der Waals surface area contributed by atoms with Gasteiger partial charge in [0, 0.05) is 24.1 Å². The molecule has 4 nitrogen and oxygen atoms in total. The molecule has 0 aliphatic rings. The third kappa shape index (κ3) is 7.84. The normalized spacial score (nSPS) is 10.8. The molecule has 1 aromatic rings. The molecule has 0 saturated heterocycles. The van der Waals surface area contributed by atoms with Crippen LogP contribution in [0.3, 0.4) is 0 Å². The molecule has 0 spiro atoms. The Bertz CT molecular complexity index is 446. The fraction of sp³-hybridized carbons (Fsp3) is 0.667. The number of rotatable bonds is 4. The molecular weight excluding hydrogens is 345 g/mol. The molecule has 132 valence electrons. The Labute approximate surface area is 153 Å². The van der Waals surface area contributed by atoms with Crippen LogP contribution >= 0.6 is 37.2 Å². The van der Waals surface area contributed by atoms with Crippen molar-refractivity contribution in [2.75, 3.05) is 28.2 Å². The fourth-order valence-electron chi connectivity index (χ4n) is 2.04. The topological polar surface area (TPSA) is 39.6 Å². The van der Waals surface area contributed by atoms with Crippen LogP contribution in [0.15, 0.2) is 6.07 Å². The van der Waals surface area contributed by atoms with Gasteiger partial charge in [-0.2, -0.15) is 0 Å². The van der Waals surface area contributed by atoms with Crippen LogP contribution in [0.2, 0.25) is 0 Å². The summed E-state index contributed by atoms with van der Waals surface area (Å²) < 4.78 is 0. The molecule has 0 aromatic carbocycles. The van der Waals surface area contributed by atoms with Crippen molar-refractivity contribution >= 4 is 37.2 Å². The van der Waals surface area contributed by atoms with Crippen LogP contribution < -0.4 is 0 Å². The molecule has 0 saturated carbocycles. The Balaban J connectivity index is -0.00000120. The number of hydrogen-bond donors (Lipinski definition) is 1. The maximum absolute atomic E-state index is 10.4. The van der Waals surface area contributed by atoms with E-state index in [1.807, 2.05) is 34.3 Å². The van der Waals surface area contributed by atoms with Crippen molar-refractivity contribution in [2.24, 2.45) is 0 Å². The van der Waals surface area contributed by atoms with E-state index < -0.39 is 0 Å². The zero-order chi connectivity index (χ0) is 14.8. The van der Waals surface area contributed by atoms with Gasteiger partial charge in [0.05, 0.1) is 11.4 Å². The van der Waals surface area contributed by atoms with E-state index >= 15 is 0 Å². The molecule has 1 N–H and O–H groups in total. The van der Waals surface area contributed by atoms with Gasteiger partial charge in [0.2, 0.25) is 0 Å². The van der Waals surface area contributed by atoms with Gasteiger partial charge in [0.15, 0.2) is 0 Å². The van der Waals surface area contributed by atoms with Crippen molar-refractivity contribution in [2.45, 2.75) is 39.3 Å². The third-order valence-electron chi connectivity index (χ3n) is 2.80. The summed E-state index contributed by atoms with van der Waals surface area (Å²) >= 11 is 0. The SMILES string of the molecule is CN(C)Cc1cc(CN(C)C)c(O)c(C(C)(C)C)n1.Cl.Cl.Cl. The third-order valence-corrected chi connectivity index (χ3v) is 2.80. The van der Waals surface area contributed by atoms with Gasteiger partial charge in [-0.15, -0.1) is 37.2 Å². The first-order chi connectivity index (χ1) is 8.61. The molecule has 0 radical (unpaired) electrons. The fourth-order valence-corrected chi connectivity index (χ4v) is 2.04. The number of aromatic nitrogens is 1. The standard InChI is InChI=1S/C15H27N3O.3ClH/c1-15(2,3)14-13(19)11(9-17(4)5)8-12(16-14)10-18(6)7;;;/h8,19H,9-10H2,1-7H3;3*1H. The second kappa shape index (κ2) is 10.5. The molecule has 22 heavy (non-hydrogen) atoms. The smallest absolute Gasteiger partial charge is 0.142 e. The van der Waals surface area contributed by atoms with E-state index in [1.54, 1.807) is 0 Å². The molecule has 0 aliphatic heterocycles. The van der Waals surface area contributed by atoms with Gasteiger partial charge in [0.25, 0.3) is 0 Å². The predicted molar refractivity (Wildman–Crippen MR) is 101 cm³/mol. The van der Waals surface area contributed by atoms with Crippen LogP contribution in [-0.2, 0) is 18.5 Å². The summed E-state index contributed by atoms with van der Waals surface area (Å²) in [7, 11) is 8.05. The van der Waals surface area contributed by atoms with Gasteiger partial charge >= 0.3 is 0 Å². The Morgan fingerprint density at radius 3 is 1.77 bits per heavy atom. The summed E-state index contributed by atoms with van der Waals surface area (Å²) in [5.74, 6) is 0.337. The highest BCUT2D eigenvalue weighted by molar-refractivity contribution is 5.86. The van der Waals surface area contributed by atoms with E-state index in [1.165, 1.54) is 0 Å². The van der Waals surface area contributed by atoms with Crippen molar-refractivity contribution < 1.29 is 5.11 Å². The van der Waals surface area contributed by atoms with Crippen LogP contribution in [0.4, 0.5) is 0 Å². The van der Waals surface area contributed by atoms with Gasteiger partial charge in [-0.3, -0.25) is 4.98 Å². The summed E-state index contributed by atoms with van der Waals surface area (Å²) in [5, 5.41) is 10.4. The first kappa shape index (κ1) is 26.6. The molecule has 1 heterocycles. The Morgan fingerprint density at radius 2 is 1.41 bits per heavy atom.